The summed E-state index contributed by atoms with van der Waals surface area (Å²) in [7, 11) is 0. The highest BCUT2D eigenvalue weighted by molar-refractivity contribution is 4.84. The highest BCUT2D eigenvalue weighted by Gasteiger charge is 2.74. The normalized spacial score (nSPS) is 13.4. The van der Waals surface area contributed by atoms with Crippen LogP contribution < -0.4 is 0 Å². The number of hydrogen-bond acceptors (Lipinski definition) is 6. The van der Waals surface area contributed by atoms with E-state index in [1.54, 1.807) is 0 Å². The number of aliphatic hydroxyl groups is 1. The van der Waals surface area contributed by atoms with Crippen LogP contribution in [0.5, 0.6) is 0 Å². The molecule has 0 saturated heterocycles. The number of halogens is 7. The molecule has 0 radical (unpaired) electrons. The van der Waals surface area contributed by atoms with Gasteiger partial charge >= 0.3 is 18.2 Å². The van der Waals surface area contributed by atoms with Crippen molar-refractivity contribution in [3.8, 4) is 0 Å². The molecule has 0 spiro atoms. The molecular weight excluding hydrogens is 385 g/mol. The van der Waals surface area contributed by atoms with E-state index in [-0.39, 0.29) is 39.6 Å². The molecule has 0 aliphatic rings. The summed E-state index contributed by atoms with van der Waals surface area (Å²) in [5.74, 6) is -6.30. The van der Waals surface area contributed by atoms with Crippen molar-refractivity contribution in [3.05, 3.63) is 0 Å². The minimum atomic E-state index is -6.43. The SMILES string of the molecule is OCCOCCOCCOCCOCCOC(F)(F)C(F)(F)C(F)(F)F. The summed E-state index contributed by atoms with van der Waals surface area (Å²) in [4.78, 5) is 0. The third-order valence-corrected chi connectivity index (χ3v) is 2.58. The molecule has 26 heavy (non-hydrogen) atoms. The van der Waals surface area contributed by atoms with Gasteiger partial charge in [-0.05, 0) is 0 Å². The lowest BCUT2D eigenvalue weighted by Crippen LogP contribution is -2.53. The molecule has 0 aromatic carbocycles. The van der Waals surface area contributed by atoms with E-state index in [1.807, 2.05) is 0 Å². The third-order valence-electron chi connectivity index (χ3n) is 2.58. The molecule has 1 N–H and O–H groups in total. The molecule has 0 heterocycles. The molecule has 0 unspecified atom stereocenters. The van der Waals surface area contributed by atoms with E-state index >= 15 is 0 Å². The Morgan fingerprint density at radius 3 is 1.23 bits per heavy atom. The second-order valence-corrected chi connectivity index (χ2v) is 4.61. The van der Waals surface area contributed by atoms with Crippen LogP contribution in [0.25, 0.3) is 0 Å². The Hall–Kier alpha value is -0.730. The van der Waals surface area contributed by atoms with Crippen LogP contribution >= 0.6 is 0 Å². The number of rotatable bonds is 16. The lowest BCUT2D eigenvalue weighted by atomic mass is 10.3. The summed E-state index contributed by atoms with van der Waals surface area (Å²) in [6.45, 7) is -0.697. The fourth-order valence-electron chi connectivity index (χ4n) is 1.31. The molecule has 0 bridgehead atoms. The Morgan fingerprint density at radius 1 is 0.538 bits per heavy atom. The zero-order valence-electron chi connectivity index (χ0n) is 13.7. The Labute approximate surface area is 145 Å². The fourth-order valence-corrected chi connectivity index (χ4v) is 1.31. The van der Waals surface area contributed by atoms with Gasteiger partial charge in [0.05, 0.1) is 66.1 Å². The summed E-state index contributed by atoms with van der Waals surface area (Å²) < 4.78 is 109. The number of aliphatic hydroxyl groups excluding tert-OH is 1. The molecule has 0 saturated carbocycles. The van der Waals surface area contributed by atoms with Crippen LogP contribution in [0.15, 0.2) is 0 Å². The van der Waals surface area contributed by atoms with E-state index < -0.39 is 31.4 Å². The van der Waals surface area contributed by atoms with Gasteiger partial charge in [-0.2, -0.15) is 30.7 Å². The van der Waals surface area contributed by atoms with E-state index in [0.717, 1.165) is 0 Å². The molecule has 0 aromatic rings. The highest BCUT2D eigenvalue weighted by Crippen LogP contribution is 2.46. The minimum Gasteiger partial charge on any atom is -0.394 e. The van der Waals surface area contributed by atoms with Crippen molar-refractivity contribution >= 4 is 0 Å². The molecule has 6 nitrogen and oxygen atoms in total. The third kappa shape index (κ3) is 9.83. The summed E-state index contributed by atoms with van der Waals surface area (Å²) in [6.07, 6.45) is -12.1. The molecule has 158 valence electrons. The van der Waals surface area contributed by atoms with Crippen LogP contribution in [0.4, 0.5) is 30.7 Å². The Balaban J connectivity index is 3.56. The zero-order valence-corrected chi connectivity index (χ0v) is 13.7. The Bertz CT molecular complexity index is 354. The van der Waals surface area contributed by atoms with Crippen molar-refractivity contribution in [2.75, 3.05) is 66.1 Å². The number of ether oxygens (including phenoxy) is 5. The number of alkyl halides is 7. The first-order valence-electron chi connectivity index (χ1n) is 7.44. The zero-order chi connectivity index (χ0) is 20.1. The maximum Gasteiger partial charge on any atom is 0.462 e. The molecule has 0 fully saturated rings. The first kappa shape index (κ1) is 25.3. The summed E-state index contributed by atoms with van der Waals surface area (Å²) >= 11 is 0. The van der Waals surface area contributed by atoms with E-state index in [1.165, 1.54) is 0 Å². The van der Waals surface area contributed by atoms with Crippen LogP contribution in [0.2, 0.25) is 0 Å². The standard InChI is InChI=1S/C13H21F7O6/c14-11(15,12(16,17)18)13(19,20)26-10-9-25-8-7-24-6-5-23-4-3-22-2-1-21/h21H,1-10H2. The minimum absolute atomic E-state index is 0.0273. The van der Waals surface area contributed by atoms with Crippen LogP contribution in [-0.2, 0) is 23.7 Å². The van der Waals surface area contributed by atoms with Crippen LogP contribution in [0, 0.1) is 0 Å². The smallest absolute Gasteiger partial charge is 0.394 e. The van der Waals surface area contributed by atoms with Gasteiger partial charge in [0.2, 0.25) is 0 Å². The molecule has 0 atom stereocenters. The fraction of sp³-hybridized carbons (Fsp3) is 1.00. The topological polar surface area (TPSA) is 66.4 Å². The van der Waals surface area contributed by atoms with Crippen molar-refractivity contribution < 1.29 is 59.5 Å². The molecule has 0 aliphatic carbocycles. The van der Waals surface area contributed by atoms with Crippen molar-refractivity contribution in [3.63, 3.8) is 0 Å². The van der Waals surface area contributed by atoms with Gasteiger partial charge in [-0.1, -0.05) is 0 Å². The molecule has 0 rings (SSSR count). The first-order valence-corrected chi connectivity index (χ1v) is 7.44. The lowest BCUT2D eigenvalue weighted by Gasteiger charge is -2.27. The van der Waals surface area contributed by atoms with E-state index in [2.05, 4.69) is 4.74 Å². The Kier molecular flexibility index (Phi) is 12.3. The van der Waals surface area contributed by atoms with Gasteiger partial charge in [-0.3, -0.25) is 0 Å². The van der Waals surface area contributed by atoms with Crippen LogP contribution in [-0.4, -0.2) is 89.4 Å². The molecule has 0 aromatic heterocycles. The van der Waals surface area contributed by atoms with Crippen molar-refractivity contribution in [2.45, 2.75) is 18.2 Å². The highest BCUT2D eigenvalue weighted by atomic mass is 19.4. The van der Waals surface area contributed by atoms with Gasteiger partial charge in [-0.15, -0.1) is 0 Å². The predicted molar refractivity (Wildman–Crippen MR) is 72.3 cm³/mol. The van der Waals surface area contributed by atoms with Crippen LogP contribution in [0.3, 0.4) is 0 Å². The van der Waals surface area contributed by atoms with Crippen molar-refractivity contribution in [1.29, 1.82) is 0 Å². The maximum absolute atomic E-state index is 12.7. The van der Waals surface area contributed by atoms with Gasteiger partial charge in [0.15, 0.2) is 0 Å². The largest absolute Gasteiger partial charge is 0.462 e. The first-order chi connectivity index (χ1) is 12.1. The summed E-state index contributed by atoms with van der Waals surface area (Å²) in [5.41, 5.74) is 0. The predicted octanol–water partition coefficient (Wildman–Crippen LogP) is 1.85. The van der Waals surface area contributed by atoms with E-state index in [4.69, 9.17) is 24.1 Å². The molecular formula is C13H21F7O6. The monoisotopic (exact) mass is 406 g/mol. The lowest BCUT2D eigenvalue weighted by molar-refractivity contribution is -0.424. The average molecular weight is 406 g/mol. The van der Waals surface area contributed by atoms with E-state index in [9.17, 15) is 30.7 Å². The van der Waals surface area contributed by atoms with E-state index in [0.29, 0.717) is 13.2 Å². The Morgan fingerprint density at radius 2 is 0.885 bits per heavy atom. The molecule has 0 aliphatic heterocycles. The van der Waals surface area contributed by atoms with Gasteiger partial charge in [0.1, 0.15) is 0 Å². The van der Waals surface area contributed by atoms with Gasteiger partial charge in [0, 0.05) is 0 Å². The molecule has 0 amide bonds. The second-order valence-electron chi connectivity index (χ2n) is 4.61. The van der Waals surface area contributed by atoms with Crippen LogP contribution in [0.1, 0.15) is 0 Å². The van der Waals surface area contributed by atoms with Gasteiger partial charge in [0.25, 0.3) is 0 Å². The quantitative estimate of drug-likeness (QED) is 0.312. The van der Waals surface area contributed by atoms with Crippen molar-refractivity contribution in [2.24, 2.45) is 0 Å². The molecule has 13 heteroatoms. The van der Waals surface area contributed by atoms with Gasteiger partial charge in [-0.25, -0.2) is 0 Å². The number of hydrogen-bond donors (Lipinski definition) is 1. The maximum atomic E-state index is 12.7. The summed E-state index contributed by atoms with van der Waals surface area (Å²) in [6, 6.07) is 0. The van der Waals surface area contributed by atoms with Crippen molar-refractivity contribution in [1.82, 2.24) is 0 Å². The second kappa shape index (κ2) is 12.6. The van der Waals surface area contributed by atoms with Gasteiger partial charge < -0.3 is 28.8 Å². The summed E-state index contributed by atoms with van der Waals surface area (Å²) in [5, 5.41) is 8.43. The average Bonchev–Trinajstić information content (AvgIpc) is 2.54.